The van der Waals surface area contributed by atoms with Crippen molar-refractivity contribution in [2.45, 2.75) is 13.3 Å². The zero-order valence-corrected chi connectivity index (χ0v) is 11.2. The zero-order valence-electron chi connectivity index (χ0n) is 11.2. The number of amides is 2. The van der Waals surface area contributed by atoms with Crippen molar-refractivity contribution in [3.63, 3.8) is 0 Å². The molecule has 106 valence electrons. The molecular weight excluding hydrogens is 272 g/mol. The summed E-state index contributed by atoms with van der Waals surface area (Å²) in [5.74, 6) is -0.804. The summed E-state index contributed by atoms with van der Waals surface area (Å²) in [7, 11) is 0. The molecule has 0 radical (unpaired) electrons. The quantitative estimate of drug-likeness (QED) is 0.653. The zero-order chi connectivity index (χ0) is 15.0. The van der Waals surface area contributed by atoms with Crippen molar-refractivity contribution in [1.82, 2.24) is 0 Å². The number of benzene rings is 1. The monoisotopic (exact) mass is 284 g/mol. The molecule has 21 heavy (non-hydrogen) atoms. The Kier molecular flexibility index (Phi) is 3.06. The van der Waals surface area contributed by atoms with Crippen LogP contribution in [-0.4, -0.2) is 17.6 Å². The van der Waals surface area contributed by atoms with Gasteiger partial charge in [0, 0.05) is 5.56 Å². The van der Waals surface area contributed by atoms with E-state index in [9.17, 15) is 14.4 Å². The Balaban J connectivity index is 2.00. The first-order chi connectivity index (χ1) is 10.0. The summed E-state index contributed by atoms with van der Waals surface area (Å²) in [6.07, 6.45) is 1.21. The standard InChI is InChI=1S/C15H12N2O4/c1-8-4-5-21-15(8)14(20)9-2-3-10-11(6-9)17-13(19)7-12(18)16-10/h2-6H,7H2,1H3,(H,16,18)(H,17,19). The van der Waals surface area contributed by atoms with Gasteiger partial charge in [0.25, 0.3) is 0 Å². The Morgan fingerprint density at radius 3 is 2.48 bits per heavy atom. The maximum Gasteiger partial charge on any atom is 0.233 e. The van der Waals surface area contributed by atoms with Gasteiger partial charge in [0.1, 0.15) is 6.42 Å². The molecule has 0 fully saturated rings. The normalized spacial score (nSPS) is 14.0. The minimum atomic E-state index is -0.412. The van der Waals surface area contributed by atoms with Crippen molar-refractivity contribution in [3.05, 3.63) is 47.4 Å². The first kappa shape index (κ1) is 13.1. The molecule has 1 aliphatic heterocycles. The molecule has 0 atom stereocenters. The summed E-state index contributed by atoms with van der Waals surface area (Å²) in [5, 5.41) is 5.21. The predicted molar refractivity (Wildman–Crippen MR) is 75.2 cm³/mol. The van der Waals surface area contributed by atoms with Crippen LogP contribution in [0.2, 0.25) is 0 Å². The van der Waals surface area contributed by atoms with Gasteiger partial charge < -0.3 is 15.1 Å². The Hall–Kier alpha value is -2.89. The molecule has 1 aromatic carbocycles. The lowest BCUT2D eigenvalue weighted by atomic mass is 10.1. The second-order valence-electron chi connectivity index (χ2n) is 4.80. The lowest BCUT2D eigenvalue weighted by Crippen LogP contribution is -2.16. The molecule has 2 amide bonds. The number of ketones is 1. The molecule has 0 aliphatic carbocycles. The number of furan rings is 1. The van der Waals surface area contributed by atoms with Gasteiger partial charge >= 0.3 is 0 Å². The highest BCUT2D eigenvalue weighted by molar-refractivity contribution is 6.15. The molecule has 1 aromatic heterocycles. The molecule has 3 rings (SSSR count). The summed E-state index contributed by atoms with van der Waals surface area (Å²) >= 11 is 0. The third-order valence-electron chi connectivity index (χ3n) is 3.22. The van der Waals surface area contributed by atoms with E-state index >= 15 is 0 Å². The van der Waals surface area contributed by atoms with Crippen molar-refractivity contribution in [3.8, 4) is 0 Å². The molecule has 2 N–H and O–H groups in total. The van der Waals surface area contributed by atoms with E-state index in [4.69, 9.17) is 4.42 Å². The summed E-state index contributed by atoms with van der Waals surface area (Å²) in [6, 6.07) is 6.41. The van der Waals surface area contributed by atoms with Gasteiger partial charge in [0.2, 0.25) is 17.6 Å². The Morgan fingerprint density at radius 1 is 1.10 bits per heavy atom. The van der Waals surface area contributed by atoms with Gasteiger partial charge in [-0.05, 0) is 36.8 Å². The molecule has 2 aromatic rings. The average molecular weight is 284 g/mol. The molecular formula is C15H12N2O4. The van der Waals surface area contributed by atoms with Gasteiger partial charge in [-0.3, -0.25) is 14.4 Å². The van der Waals surface area contributed by atoms with E-state index in [1.807, 2.05) is 0 Å². The van der Waals surface area contributed by atoms with E-state index in [0.717, 1.165) is 5.56 Å². The fraction of sp³-hybridized carbons (Fsp3) is 0.133. The highest BCUT2D eigenvalue weighted by atomic mass is 16.3. The van der Waals surface area contributed by atoms with Crippen LogP contribution < -0.4 is 10.6 Å². The number of anilines is 2. The molecule has 0 unspecified atom stereocenters. The third-order valence-corrected chi connectivity index (χ3v) is 3.22. The number of carbonyl (C=O) groups excluding carboxylic acids is 3. The molecule has 1 aliphatic rings. The van der Waals surface area contributed by atoms with Crippen LogP contribution in [0.5, 0.6) is 0 Å². The first-order valence-electron chi connectivity index (χ1n) is 6.37. The molecule has 0 bridgehead atoms. The summed E-state index contributed by atoms with van der Waals surface area (Å²) in [5.41, 5.74) is 2.00. The van der Waals surface area contributed by atoms with E-state index < -0.39 is 5.91 Å². The number of rotatable bonds is 2. The van der Waals surface area contributed by atoms with E-state index in [1.54, 1.807) is 25.1 Å². The van der Waals surface area contributed by atoms with Crippen LogP contribution in [0.3, 0.4) is 0 Å². The Labute approximate surface area is 120 Å². The molecule has 2 heterocycles. The van der Waals surface area contributed by atoms with Gasteiger partial charge in [0.15, 0.2) is 5.76 Å². The van der Waals surface area contributed by atoms with Gasteiger partial charge in [-0.15, -0.1) is 0 Å². The predicted octanol–water partition coefficient (Wildman–Crippen LogP) is 2.10. The van der Waals surface area contributed by atoms with Crippen molar-refractivity contribution in [2.75, 3.05) is 10.6 Å². The second kappa shape index (κ2) is 4.90. The van der Waals surface area contributed by atoms with Gasteiger partial charge in [-0.2, -0.15) is 0 Å². The minimum Gasteiger partial charge on any atom is -0.461 e. The smallest absolute Gasteiger partial charge is 0.233 e. The number of fused-ring (bicyclic) bond motifs is 1. The minimum absolute atomic E-state index is 0.241. The van der Waals surface area contributed by atoms with Gasteiger partial charge in [-0.25, -0.2) is 0 Å². The molecule has 6 nitrogen and oxygen atoms in total. The van der Waals surface area contributed by atoms with Crippen LogP contribution in [0.15, 0.2) is 34.9 Å². The van der Waals surface area contributed by atoms with Crippen LogP contribution in [0.25, 0.3) is 0 Å². The molecule has 0 spiro atoms. The van der Waals surface area contributed by atoms with E-state index in [-0.39, 0.29) is 23.9 Å². The van der Waals surface area contributed by atoms with Gasteiger partial charge in [-0.1, -0.05) is 0 Å². The number of hydrogen-bond acceptors (Lipinski definition) is 4. The molecule has 0 saturated heterocycles. The van der Waals surface area contributed by atoms with Crippen molar-refractivity contribution in [2.24, 2.45) is 0 Å². The maximum atomic E-state index is 12.4. The number of hydrogen-bond donors (Lipinski definition) is 2. The average Bonchev–Trinajstić information content (AvgIpc) is 2.79. The van der Waals surface area contributed by atoms with Crippen LogP contribution >= 0.6 is 0 Å². The van der Waals surface area contributed by atoms with Crippen molar-refractivity contribution < 1.29 is 18.8 Å². The lowest BCUT2D eigenvalue weighted by molar-refractivity contribution is -0.123. The van der Waals surface area contributed by atoms with E-state index in [0.29, 0.717) is 16.9 Å². The van der Waals surface area contributed by atoms with E-state index in [1.165, 1.54) is 12.3 Å². The highest BCUT2D eigenvalue weighted by Crippen LogP contribution is 2.27. The Morgan fingerprint density at radius 2 is 1.81 bits per heavy atom. The number of carbonyl (C=O) groups is 3. The summed E-state index contributed by atoms with van der Waals surface area (Å²) in [6.45, 7) is 1.78. The SMILES string of the molecule is Cc1ccoc1C(=O)c1ccc2c(c1)NC(=O)CC(=O)N2. The highest BCUT2D eigenvalue weighted by Gasteiger charge is 2.21. The van der Waals surface area contributed by atoms with Crippen molar-refractivity contribution in [1.29, 1.82) is 0 Å². The summed E-state index contributed by atoms with van der Waals surface area (Å²) in [4.78, 5) is 35.3. The topological polar surface area (TPSA) is 88.4 Å². The first-order valence-corrected chi connectivity index (χ1v) is 6.37. The maximum absolute atomic E-state index is 12.4. The lowest BCUT2D eigenvalue weighted by Gasteiger charge is -2.08. The summed E-state index contributed by atoms with van der Waals surface area (Å²) < 4.78 is 5.18. The fourth-order valence-electron chi connectivity index (χ4n) is 2.17. The van der Waals surface area contributed by atoms with Crippen LogP contribution in [0, 0.1) is 6.92 Å². The third kappa shape index (κ3) is 2.43. The van der Waals surface area contributed by atoms with E-state index in [2.05, 4.69) is 10.6 Å². The number of aryl methyl sites for hydroxylation is 1. The molecule has 0 saturated carbocycles. The van der Waals surface area contributed by atoms with Crippen LogP contribution in [0.1, 0.15) is 28.1 Å². The van der Waals surface area contributed by atoms with Gasteiger partial charge in [0.05, 0.1) is 17.6 Å². The van der Waals surface area contributed by atoms with Crippen LogP contribution in [0.4, 0.5) is 11.4 Å². The molecule has 6 heteroatoms. The Bertz CT molecular complexity index is 761. The fourth-order valence-corrected chi connectivity index (χ4v) is 2.17. The number of nitrogens with one attached hydrogen (secondary N) is 2. The second-order valence-corrected chi connectivity index (χ2v) is 4.80. The largest absolute Gasteiger partial charge is 0.461 e. The van der Waals surface area contributed by atoms with Crippen LogP contribution in [-0.2, 0) is 9.59 Å². The van der Waals surface area contributed by atoms with Crippen molar-refractivity contribution >= 4 is 29.0 Å².